The Hall–Kier alpha value is -1.25. The first-order valence-electron chi connectivity index (χ1n) is 5.49. The number of benzene rings is 2. The Balaban J connectivity index is 0.00000108. The molecule has 0 unspecified atom stereocenters. The van der Waals surface area contributed by atoms with E-state index in [4.69, 9.17) is 0 Å². The standard InChI is InChI=1S/C15H13N.Mg.2H/c1-2-6-11-7-5-9-13-12-8-3-4-10-14(12)16-15(11)13;;;/h2-5,7-10,16H,1,6H2;;;/q;+2;2*-1. The van der Waals surface area contributed by atoms with Crippen molar-refractivity contribution < 1.29 is 2.85 Å². The molecule has 0 saturated carbocycles. The van der Waals surface area contributed by atoms with Gasteiger partial charge in [0.25, 0.3) is 0 Å². The van der Waals surface area contributed by atoms with Crippen LogP contribution in [0.3, 0.4) is 0 Å². The molecule has 0 aliphatic heterocycles. The zero-order valence-electron chi connectivity index (χ0n) is 11.7. The van der Waals surface area contributed by atoms with Crippen molar-refractivity contribution >= 4 is 44.9 Å². The fourth-order valence-corrected chi connectivity index (χ4v) is 2.26. The summed E-state index contributed by atoms with van der Waals surface area (Å²) in [6, 6.07) is 14.8. The number of nitrogens with one attached hydrogen (secondary N) is 1. The van der Waals surface area contributed by atoms with Gasteiger partial charge in [0.2, 0.25) is 0 Å². The van der Waals surface area contributed by atoms with Crippen molar-refractivity contribution in [1.29, 1.82) is 0 Å². The van der Waals surface area contributed by atoms with Crippen LogP contribution in [0.1, 0.15) is 8.42 Å². The van der Waals surface area contributed by atoms with Crippen LogP contribution < -0.4 is 0 Å². The van der Waals surface area contributed by atoms with Crippen LogP contribution in [-0.4, -0.2) is 28.0 Å². The molecule has 0 bridgehead atoms. The van der Waals surface area contributed by atoms with Crippen LogP contribution >= 0.6 is 0 Å². The smallest absolute Gasteiger partial charge is 1.00 e. The van der Waals surface area contributed by atoms with Gasteiger partial charge in [0, 0.05) is 16.3 Å². The Morgan fingerprint density at radius 2 is 1.82 bits per heavy atom. The summed E-state index contributed by atoms with van der Waals surface area (Å²) < 4.78 is 0. The van der Waals surface area contributed by atoms with E-state index < -0.39 is 0 Å². The molecule has 1 nitrogen and oxygen atoms in total. The van der Waals surface area contributed by atoms with E-state index in [0.29, 0.717) is 0 Å². The molecule has 2 heteroatoms. The molecule has 0 aliphatic rings. The fourth-order valence-electron chi connectivity index (χ4n) is 2.26. The topological polar surface area (TPSA) is 15.8 Å². The largest absolute Gasteiger partial charge is 2.00 e. The molecule has 0 fully saturated rings. The summed E-state index contributed by atoms with van der Waals surface area (Å²) in [5, 5.41) is 2.60. The summed E-state index contributed by atoms with van der Waals surface area (Å²) in [5.41, 5.74) is 3.75. The van der Waals surface area contributed by atoms with Gasteiger partial charge in [-0.2, -0.15) is 0 Å². The van der Waals surface area contributed by atoms with E-state index in [-0.39, 0.29) is 25.9 Å². The van der Waals surface area contributed by atoms with Gasteiger partial charge in [-0.3, -0.25) is 0 Å². The Kier molecular flexibility index (Phi) is 3.55. The van der Waals surface area contributed by atoms with Gasteiger partial charge < -0.3 is 7.84 Å². The number of aromatic nitrogens is 1. The molecule has 17 heavy (non-hydrogen) atoms. The molecular formula is C15H15MgN. The normalized spacial score (nSPS) is 10.4. The number of allylic oxidation sites excluding steroid dienone is 1. The van der Waals surface area contributed by atoms with Crippen molar-refractivity contribution in [2.75, 3.05) is 0 Å². The first-order chi connectivity index (χ1) is 7.90. The minimum absolute atomic E-state index is 0. The van der Waals surface area contributed by atoms with Gasteiger partial charge in [-0.25, -0.2) is 0 Å². The predicted molar refractivity (Wildman–Crippen MR) is 77.7 cm³/mol. The number of hydrogen-bond donors (Lipinski definition) is 1. The average molecular weight is 234 g/mol. The van der Waals surface area contributed by atoms with Crippen LogP contribution in [0.15, 0.2) is 55.1 Å². The maximum absolute atomic E-state index is 3.80. The minimum Gasteiger partial charge on any atom is -1.00 e. The maximum Gasteiger partial charge on any atom is 2.00 e. The van der Waals surface area contributed by atoms with Crippen LogP contribution in [0.2, 0.25) is 0 Å². The van der Waals surface area contributed by atoms with Crippen molar-refractivity contribution in [3.63, 3.8) is 0 Å². The summed E-state index contributed by atoms with van der Waals surface area (Å²) in [6.45, 7) is 3.80. The Labute approximate surface area is 120 Å². The summed E-state index contributed by atoms with van der Waals surface area (Å²) >= 11 is 0. The van der Waals surface area contributed by atoms with Crippen LogP contribution in [0.4, 0.5) is 0 Å². The molecule has 0 amide bonds. The van der Waals surface area contributed by atoms with Crippen molar-refractivity contribution in [1.82, 2.24) is 4.98 Å². The zero-order chi connectivity index (χ0) is 11.0. The number of hydrogen-bond acceptors (Lipinski definition) is 0. The van der Waals surface area contributed by atoms with Crippen LogP contribution in [0.5, 0.6) is 0 Å². The van der Waals surface area contributed by atoms with Gasteiger partial charge in [-0.1, -0.05) is 42.5 Å². The van der Waals surface area contributed by atoms with Crippen molar-refractivity contribution in [3.8, 4) is 0 Å². The van der Waals surface area contributed by atoms with E-state index in [0.717, 1.165) is 6.42 Å². The SMILES string of the molecule is C=CCc1cccc2c1[nH]c1ccccc12.[H-].[H-].[Mg+2]. The van der Waals surface area contributed by atoms with E-state index in [2.05, 4.69) is 54.0 Å². The molecule has 82 valence electrons. The third kappa shape index (κ3) is 1.98. The molecule has 3 aromatic rings. The Morgan fingerprint density at radius 1 is 1.06 bits per heavy atom. The Bertz CT molecular complexity index is 676. The maximum atomic E-state index is 3.80. The van der Waals surface area contributed by atoms with Crippen LogP contribution in [0.25, 0.3) is 21.8 Å². The Morgan fingerprint density at radius 3 is 2.65 bits per heavy atom. The number of rotatable bonds is 2. The second kappa shape index (κ2) is 4.94. The molecule has 0 aliphatic carbocycles. The van der Waals surface area contributed by atoms with Gasteiger partial charge in [0.1, 0.15) is 0 Å². The van der Waals surface area contributed by atoms with Crippen molar-refractivity contribution in [3.05, 3.63) is 60.7 Å². The quantitative estimate of drug-likeness (QED) is 0.511. The molecule has 1 aromatic heterocycles. The molecular weight excluding hydrogens is 218 g/mol. The molecule has 2 aromatic carbocycles. The summed E-state index contributed by atoms with van der Waals surface area (Å²) in [6.07, 6.45) is 2.85. The van der Waals surface area contributed by atoms with Gasteiger partial charge in [0.15, 0.2) is 0 Å². The first kappa shape index (κ1) is 12.2. The molecule has 3 rings (SSSR count). The third-order valence-electron chi connectivity index (χ3n) is 2.99. The second-order valence-electron chi connectivity index (χ2n) is 4.00. The average Bonchev–Trinajstić information content (AvgIpc) is 2.69. The summed E-state index contributed by atoms with van der Waals surface area (Å²) in [5.74, 6) is 0. The molecule has 1 N–H and O–H groups in total. The van der Waals surface area contributed by atoms with Gasteiger partial charge in [-0.15, -0.1) is 6.58 Å². The summed E-state index contributed by atoms with van der Waals surface area (Å²) in [4.78, 5) is 3.48. The molecule has 0 atom stereocenters. The monoisotopic (exact) mass is 233 g/mol. The molecule has 0 saturated heterocycles. The third-order valence-corrected chi connectivity index (χ3v) is 2.99. The number of para-hydroxylation sites is 2. The molecule has 0 spiro atoms. The zero-order valence-corrected chi connectivity index (χ0v) is 11.2. The van der Waals surface area contributed by atoms with E-state index >= 15 is 0 Å². The number of aromatic amines is 1. The van der Waals surface area contributed by atoms with Gasteiger partial charge in [0.05, 0.1) is 5.52 Å². The van der Waals surface area contributed by atoms with Crippen LogP contribution in [-0.2, 0) is 6.42 Å². The number of fused-ring (bicyclic) bond motifs is 3. The van der Waals surface area contributed by atoms with E-state index in [1.165, 1.54) is 27.4 Å². The first-order valence-corrected chi connectivity index (χ1v) is 5.49. The van der Waals surface area contributed by atoms with E-state index in [9.17, 15) is 0 Å². The van der Waals surface area contributed by atoms with E-state index in [1.807, 2.05) is 6.08 Å². The molecule has 0 radical (unpaired) electrons. The minimum atomic E-state index is 0. The fraction of sp³-hybridized carbons (Fsp3) is 0.0667. The van der Waals surface area contributed by atoms with Crippen molar-refractivity contribution in [2.24, 2.45) is 0 Å². The second-order valence-corrected chi connectivity index (χ2v) is 4.00. The van der Waals surface area contributed by atoms with Crippen LogP contribution in [0, 0.1) is 0 Å². The van der Waals surface area contributed by atoms with Gasteiger partial charge in [-0.05, 0) is 18.1 Å². The van der Waals surface area contributed by atoms with E-state index in [1.54, 1.807) is 0 Å². The number of H-pyrrole nitrogens is 1. The van der Waals surface area contributed by atoms with Crippen molar-refractivity contribution in [2.45, 2.75) is 6.42 Å². The molecule has 1 heterocycles. The predicted octanol–water partition coefficient (Wildman–Crippen LogP) is 3.89. The summed E-state index contributed by atoms with van der Waals surface area (Å²) in [7, 11) is 0. The van der Waals surface area contributed by atoms with Gasteiger partial charge >= 0.3 is 23.1 Å².